The van der Waals surface area contributed by atoms with E-state index in [-0.39, 0.29) is 0 Å². The SMILES string of the molecule is CC(CC1CCCCN1)NC(C)c1ccc(Br)cc1. The Morgan fingerprint density at radius 3 is 2.63 bits per heavy atom. The van der Waals surface area contributed by atoms with Crippen molar-refractivity contribution in [2.75, 3.05) is 6.54 Å². The van der Waals surface area contributed by atoms with Crippen LogP contribution in [-0.2, 0) is 0 Å². The molecule has 3 atom stereocenters. The van der Waals surface area contributed by atoms with Gasteiger partial charge in [0.2, 0.25) is 0 Å². The molecule has 2 N–H and O–H groups in total. The first-order chi connectivity index (χ1) is 9.15. The molecule has 3 unspecified atom stereocenters. The first-order valence-electron chi connectivity index (χ1n) is 7.40. The summed E-state index contributed by atoms with van der Waals surface area (Å²) in [6.07, 6.45) is 5.28. The zero-order valence-corrected chi connectivity index (χ0v) is 13.5. The van der Waals surface area contributed by atoms with Gasteiger partial charge in [0, 0.05) is 22.6 Å². The smallest absolute Gasteiger partial charge is 0.0294 e. The van der Waals surface area contributed by atoms with Crippen LogP contribution in [0.25, 0.3) is 0 Å². The van der Waals surface area contributed by atoms with E-state index in [0.717, 1.165) is 4.47 Å². The van der Waals surface area contributed by atoms with Crippen LogP contribution in [0.1, 0.15) is 51.1 Å². The highest BCUT2D eigenvalue weighted by Gasteiger charge is 2.17. The van der Waals surface area contributed by atoms with Crippen molar-refractivity contribution in [3.05, 3.63) is 34.3 Å². The van der Waals surface area contributed by atoms with Gasteiger partial charge >= 0.3 is 0 Å². The Bertz CT molecular complexity index is 371. The highest BCUT2D eigenvalue weighted by molar-refractivity contribution is 9.10. The van der Waals surface area contributed by atoms with Crippen molar-refractivity contribution in [1.82, 2.24) is 10.6 Å². The van der Waals surface area contributed by atoms with Crippen molar-refractivity contribution in [1.29, 1.82) is 0 Å². The Balaban J connectivity index is 1.80. The number of hydrogen-bond acceptors (Lipinski definition) is 2. The summed E-state index contributed by atoms with van der Waals surface area (Å²) in [6, 6.07) is 10.3. The minimum atomic E-state index is 0.409. The molecular formula is C16H25BrN2. The molecule has 1 saturated heterocycles. The molecule has 0 aliphatic carbocycles. The van der Waals surface area contributed by atoms with E-state index in [4.69, 9.17) is 0 Å². The molecule has 3 heteroatoms. The van der Waals surface area contributed by atoms with Crippen molar-refractivity contribution < 1.29 is 0 Å². The van der Waals surface area contributed by atoms with Gasteiger partial charge in [-0.1, -0.05) is 34.5 Å². The standard InChI is InChI=1S/C16H25BrN2/c1-12(11-16-5-3-4-10-18-16)19-13(2)14-6-8-15(17)9-7-14/h6-9,12-13,16,18-19H,3-5,10-11H2,1-2H3. The maximum atomic E-state index is 3.71. The van der Waals surface area contributed by atoms with Crippen molar-refractivity contribution in [3.63, 3.8) is 0 Å². The Labute approximate surface area is 125 Å². The molecule has 0 radical (unpaired) electrons. The van der Waals surface area contributed by atoms with Crippen molar-refractivity contribution >= 4 is 15.9 Å². The van der Waals surface area contributed by atoms with Gasteiger partial charge in [-0.25, -0.2) is 0 Å². The number of benzene rings is 1. The van der Waals surface area contributed by atoms with E-state index in [0.29, 0.717) is 18.1 Å². The van der Waals surface area contributed by atoms with E-state index < -0.39 is 0 Å². The van der Waals surface area contributed by atoms with Gasteiger partial charge in [-0.05, 0) is 57.4 Å². The second-order valence-corrected chi connectivity index (χ2v) is 6.64. The molecule has 2 rings (SSSR count). The second-order valence-electron chi connectivity index (χ2n) is 5.72. The van der Waals surface area contributed by atoms with Crippen LogP contribution >= 0.6 is 15.9 Å². The van der Waals surface area contributed by atoms with Crippen LogP contribution in [0.4, 0.5) is 0 Å². The van der Waals surface area contributed by atoms with Gasteiger partial charge in [-0.15, -0.1) is 0 Å². The van der Waals surface area contributed by atoms with Crippen LogP contribution in [0.5, 0.6) is 0 Å². The summed E-state index contributed by atoms with van der Waals surface area (Å²) < 4.78 is 1.14. The summed E-state index contributed by atoms with van der Waals surface area (Å²) in [5.41, 5.74) is 1.35. The predicted octanol–water partition coefficient (Wildman–Crippen LogP) is 4.02. The van der Waals surface area contributed by atoms with Gasteiger partial charge in [-0.3, -0.25) is 0 Å². The fourth-order valence-electron chi connectivity index (χ4n) is 2.89. The molecule has 1 heterocycles. The van der Waals surface area contributed by atoms with Gasteiger partial charge in [0.05, 0.1) is 0 Å². The van der Waals surface area contributed by atoms with Crippen LogP contribution in [0, 0.1) is 0 Å². The maximum absolute atomic E-state index is 3.71. The highest BCUT2D eigenvalue weighted by atomic mass is 79.9. The third-order valence-corrected chi connectivity index (χ3v) is 4.48. The van der Waals surface area contributed by atoms with E-state index in [1.54, 1.807) is 0 Å². The molecule has 2 nitrogen and oxygen atoms in total. The van der Waals surface area contributed by atoms with Gasteiger partial charge in [-0.2, -0.15) is 0 Å². The Kier molecular flexibility index (Phi) is 5.86. The van der Waals surface area contributed by atoms with Gasteiger partial charge in [0.15, 0.2) is 0 Å². The Morgan fingerprint density at radius 1 is 1.26 bits per heavy atom. The van der Waals surface area contributed by atoms with Crippen LogP contribution in [0.3, 0.4) is 0 Å². The minimum absolute atomic E-state index is 0.409. The summed E-state index contributed by atoms with van der Waals surface area (Å²) in [4.78, 5) is 0. The topological polar surface area (TPSA) is 24.1 Å². The maximum Gasteiger partial charge on any atom is 0.0294 e. The molecule has 0 bridgehead atoms. The lowest BCUT2D eigenvalue weighted by Gasteiger charge is -2.28. The molecule has 1 aliphatic rings. The Morgan fingerprint density at radius 2 is 2.00 bits per heavy atom. The van der Waals surface area contributed by atoms with Crippen LogP contribution in [0.2, 0.25) is 0 Å². The molecular weight excluding hydrogens is 300 g/mol. The average molecular weight is 325 g/mol. The third-order valence-electron chi connectivity index (χ3n) is 3.95. The van der Waals surface area contributed by atoms with Gasteiger partial charge in [0.25, 0.3) is 0 Å². The van der Waals surface area contributed by atoms with Crippen molar-refractivity contribution in [3.8, 4) is 0 Å². The molecule has 0 aromatic heterocycles. The second kappa shape index (κ2) is 7.41. The fraction of sp³-hybridized carbons (Fsp3) is 0.625. The van der Waals surface area contributed by atoms with Crippen LogP contribution in [-0.4, -0.2) is 18.6 Å². The van der Waals surface area contributed by atoms with Crippen LogP contribution < -0.4 is 10.6 Å². The summed E-state index contributed by atoms with van der Waals surface area (Å²) >= 11 is 3.48. The quantitative estimate of drug-likeness (QED) is 0.854. The number of nitrogens with one attached hydrogen (secondary N) is 2. The van der Waals surface area contributed by atoms with E-state index in [1.807, 2.05) is 0 Å². The molecule has 106 valence electrons. The van der Waals surface area contributed by atoms with Gasteiger partial charge in [0.1, 0.15) is 0 Å². The molecule has 0 saturated carbocycles. The molecule has 1 aromatic carbocycles. The molecule has 1 aliphatic heterocycles. The number of halogens is 1. The molecule has 1 fully saturated rings. The van der Waals surface area contributed by atoms with Crippen molar-refractivity contribution in [2.24, 2.45) is 0 Å². The lowest BCUT2D eigenvalue weighted by atomic mass is 9.98. The average Bonchev–Trinajstić information content (AvgIpc) is 2.40. The number of piperidine rings is 1. The normalized spacial score (nSPS) is 23.0. The van der Waals surface area contributed by atoms with Crippen molar-refractivity contribution in [2.45, 2.75) is 57.7 Å². The largest absolute Gasteiger partial charge is 0.314 e. The summed E-state index contributed by atoms with van der Waals surface area (Å²) in [5.74, 6) is 0. The lowest BCUT2D eigenvalue weighted by Crippen LogP contribution is -2.40. The predicted molar refractivity (Wildman–Crippen MR) is 85.4 cm³/mol. The lowest BCUT2D eigenvalue weighted by molar-refractivity contribution is 0.334. The first kappa shape index (κ1) is 15.0. The zero-order valence-electron chi connectivity index (χ0n) is 12.0. The van der Waals surface area contributed by atoms with Crippen LogP contribution in [0.15, 0.2) is 28.7 Å². The van der Waals surface area contributed by atoms with Gasteiger partial charge < -0.3 is 10.6 Å². The first-order valence-corrected chi connectivity index (χ1v) is 8.19. The van der Waals surface area contributed by atoms with E-state index >= 15 is 0 Å². The third kappa shape index (κ3) is 4.90. The molecule has 1 aromatic rings. The van der Waals surface area contributed by atoms with E-state index in [9.17, 15) is 0 Å². The number of hydrogen-bond donors (Lipinski definition) is 2. The highest BCUT2D eigenvalue weighted by Crippen LogP contribution is 2.18. The summed E-state index contributed by atoms with van der Waals surface area (Å²) in [5, 5.41) is 7.33. The molecule has 0 spiro atoms. The minimum Gasteiger partial charge on any atom is -0.314 e. The monoisotopic (exact) mass is 324 g/mol. The number of rotatable bonds is 5. The van der Waals surface area contributed by atoms with E-state index in [2.05, 4.69) is 64.7 Å². The molecule has 0 amide bonds. The summed E-state index contributed by atoms with van der Waals surface area (Å²) in [7, 11) is 0. The zero-order chi connectivity index (χ0) is 13.7. The fourth-order valence-corrected chi connectivity index (χ4v) is 3.16. The molecule has 19 heavy (non-hydrogen) atoms. The Hall–Kier alpha value is -0.380. The summed E-state index contributed by atoms with van der Waals surface area (Å²) in [6.45, 7) is 5.74. The van der Waals surface area contributed by atoms with E-state index in [1.165, 1.54) is 37.8 Å².